The summed E-state index contributed by atoms with van der Waals surface area (Å²) in [5, 5.41) is 2.74. The molecule has 0 aliphatic heterocycles. The second kappa shape index (κ2) is 6.40. The van der Waals surface area contributed by atoms with Crippen LogP contribution in [0.3, 0.4) is 0 Å². The van der Waals surface area contributed by atoms with Crippen LogP contribution in [-0.4, -0.2) is 25.7 Å². The fourth-order valence-electron chi connectivity index (χ4n) is 2.14. The fraction of sp³-hybridized carbons (Fsp3) is 0.500. The van der Waals surface area contributed by atoms with Crippen LogP contribution in [0.1, 0.15) is 25.7 Å². The minimum atomic E-state index is -0.151. The van der Waals surface area contributed by atoms with Gasteiger partial charge in [-0.3, -0.25) is 4.79 Å². The first-order valence-electron chi connectivity index (χ1n) is 6.33. The number of carbonyl (C=O) groups excluding carboxylic acids is 1. The second-order valence-electron chi connectivity index (χ2n) is 4.53. The van der Waals surface area contributed by atoms with Crippen LogP contribution in [0.15, 0.2) is 24.3 Å². The molecule has 1 aromatic carbocycles. The maximum Gasteiger partial charge on any atom is 0.250 e. The highest BCUT2D eigenvalue weighted by Gasteiger charge is 2.16. The first-order chi connectivity index (χ1) is 8.78. The molecular weight excluding hydrogens is 230 g/mol. The van der Waals surface area contributed by atoms with E-state index in [-0.39, 0.29) is 12.5 Å². The summed E-state index contributed by atoms with van der Waals surface area (Å²) in [6, 6.07) is 7.47. The van der Waals surface area contributed by atoms with Crippen molar-refractivity contribution in [3.63, 3.8) is 0 Å². The fourth-order valence-corrected chi connectivity index (χ4v) is 2.14. The molecule has 0 aromatic heterocycles. The highest BCUT2D eigenvalue weighted by Crippen LogP contribution is 2.24. The summed E-state index contributed by atoms with van der Waals surface area (Å²) in [7, 11) is 1.50. The Labute approximate surface area is 107 Å². The van der Waals surface area contributed by atoms with Crippen LogP contribution in [-0.2, 0) is 9.53 Å². The van der Waals surface area contributed by atoms with E-state index in [1.54, 1.807) is 0 Å². The summed E-state index contributed by atoms with van der Waals surface area (Å²) in [5.74, 6) is 0.716. The zero-order valence-corrected chi connectivity index (χ0v) is 10.6. The van der Waals surface area contributed by atoms with Gasteiger partial charge in [-0.1, -0.05) is 0 Å². The lowest BCUT2D eigenvalue weighted by molar-refractivity contribution is -0.119. The predicted octanol–water partition coefficient (Wildman–Crippen LogP) is 2.59. The minimum Gasteiger partial charge on any atom is -0.490 e. The lowest BCUT2D eigenvalue weighted by Crippen LogP contribution is -2.17. The first-order valence-corrected chi connectivity index (χ1v) is 6.33. The van der Waals surface area contributed by atoms with E-state index in [1.165, 1.54) is 20.0 Å². The predicted molar refractivity (Wildman–Crippen MR) is 69.8 cm³/mol. The molecule has 1 aliphatic carbocycles. The lowest BCUT2D eigenvalue weighted by Gasteiger charge is -2.13. The maximum absolute atomic E-state index is 11.3. The maximum atomic E-state index is 11.3. The molecule has 0 spiro atoms. The van der Waals surface area contributed by atoms with E-state index in [4.69, 9.17) is 9.47 Å². The molecule has 4 heteroatoms. The highest BCUT2D eigenvalue weighted by atomic mass is 16.5. The first kappa shape index (κ1) is 12.9. The van der Waals surface area contributed by atoms with Gasteiger partial charge >= 0.3 is 0 Å². The standard InChI is InChI=1S/C14H19NO3/c1-17-10-14(16)15-11-6-8-13(9-7-11)18-12-4-2-3-5-12/h6-9,12H,2-5,10H2,1H3,(H,15,16). The van der Waals surface area contributed by atoms with Gasteiger partial charge in [0.05, 0.1) is 6.10 Å². The smallest absolute Gasteiger partial charge is 0.250 e. The van der Waals surface area contributed by atoms with Crippen molar-refractivity contribution >= 4 is 11.6 Å². The number of carbonyl (C=O) groups is 1. The van der Waals surface area contributed by atoms with Crippen molar-refractivity contribution in [2.45, 2.75) is 31.8 Å². The average molecular weight is 249 g/mol. The molecule has 1 N–H and O–H groups in total. The molecule has 0 bridgehead atoms. The summed E-state index contributed by atoms with van der Waals surface area (Å²) in [6.45, 7) is 0.0698. The van der Waals surface area contributed by atoms with E-state index >= 15 is 0 Å². The van der Waals surface area contributed by atoms with Crippen molar-refractivity contribution in [2.75, 3.05) is 19.0 Å². The van der Waals surface area contributed by atoms with Gasteiger partial charge in [-0.15, -0.1) is 0 Å². The Morgan fingerprint density at radius 1 is 1.28 bits per heavy atom. The van der Waals surface area contributed by atoms with Gasteiger partial charge in [0.25, 0.3) is 0 Å². The van der Waals surface area contributed by atoms with Crippen LogP contribution in [0.5, 0.6) is 5.75 Å². The summed E-state index contributed by atoms with van der Waals surface area (Å²) in [6.07, 6.45) is 5.17. The Morgan fingerprint density at radius 2 is 1.94 bits per heavy atom. The Kier molecular flexibility index (Phi) is 4.59. The van der Waals surface area contributed by atoms with Crippen LogP contribution < -0.4 is 10.1 Å². The second-order valence-corrected chi connectivity index (χ2v) is 4.53. The average Bonchev–Trinajstić information content (AvgIpc) is 2.85. The Bertz CT molecular complexity index is 383. The van der Waals surface area contributed by atoms with E-state index < -0.39 is 0 Å². The monoisotopic (exact) mass is 249 g/mol. The summed E-state index contributed by atoms with van der Waals surface area (Å²) in [4.78, 5) is 11.3. The summed E-state index contributed by atoms with van der Waals surface area (Å²) < 4.78 is 10.6. The van der Waals surface area contributed by atoms with Gasteiger partial charge in [0.15, 0.2) is 0 Å². The minimum absolute atomic E-state index is 0.0698. The van der Waals surface area contributed by atoms with Crippen molar-refractivity contribution in [1.29, 1.82) is 0 Å². The number of nitrogens with one attached hydrogen (secondary N) is 1. The van der Waals surface area contributed by atoms with Crippen LogP contribution in [0.25, 0.3) is 0 Å². The van der Waals surface area contributed by atoms with Crippen molar-refractivity contribution in [3.05, 3.63) is 24.3 Å². The van der Waals surface area contributed by atoms with Crippen molar-refractivity contribution in [1.82, 2.24) is 0 Å². The van der Waals surface area contributed by atoms with E-state index in [9.17, 15) is 4.79 Å². The highest BCUT2D eigenvalue weighted by molar-refractivity contribution is 5.91. The van der Waals surface area contributed by atoms with Gasteiger partial charge in [0.1, 0.15) is 12.4 Å². The molecule has 1 aromatic rings. The van der Waals surface area contributed by atoms with Crippen LogP contribution in [0, 0.1) is 0 Å². The molecule has 0 saturated heterocycles. The third-order valence-corrected chi connectivity index (χ3v) is 3.02. The van der Waals surface area contributed by atoms with Crippen molar-refractivity contribution in [3.8, 4) is 5.75 Å². The molecule has 1 fully saturated rings. The SMILES string of the molecule is COCC(=O)Nc1ccc(OC2CCCC2)cc1. The van der Waals surface area contributed by atoms with E-state index in [2.05, 4.69) is 5.32 Å². The number of benzene rings is 1. The number of anilines is 1. The van der Waals surface area contributed by atoms with Crippen molar-refractivity contribution in [2.24, 2.45) is 0 Å². The molecule has 0 unspecified atom stereocenters. The number of methoxy groups -OCH3 is 1. The molecule has 0 radical (unpaired) electrons. The number of hydrogen-bond donors (Lipinski definition) is 1. The van der Waals surface area contributed by atoms with Gasteiger partial charge in [-0.2, -0.15) is 0 Å². The molecule has 1 saturated carbocycles. The molecular formula is C14H19NO3. The molecule has 0 heterocycles. The van der Waals surface area contributed by atoms with E-state index in [1.807, 2.05) is 24.3 Å². The molecule has 1 amide bonds. The van der Waals surface area contributed by atoms with Gasteiger partial charge in [0, 0.05) is 12.8 Å². The number of rotatable bonds is 5. The van der Waals surface area contributed by atoms with Gasteiger partial charge < -0.3 is 14.8 Å². The molecule has 98 valence electrons. The van der Waals surface area contributed by atoms with Crippen LogP contribution >= 0.6 is 0 Å². The quantitative estimate of drug-likeness (QED) is 0.872. The van der Waals surface area contributed by atoms with Crippen LogP contribution in [0.2, 0.25) is 0 Å². The number of ether oxygens (including phenoxy) is 2. The van der Waals surface area contributed by atoms with Gasteiger partial charge in [-0.25, -0.2) is 0 Å². The Morgan fingerprint density at radius 3 is 2.56 bits per heavy atom. The number of amides is 1. The Hall–Kier alpha value is -1.55. The van der Waals surface area contributed by atoms with E-state index in [0.717, 1.165) is 24.3 Å². The molecule has 2 rings (SSSR count). The number of hydrogen-bond acceptors (Lipinski definition) is 3. The topological polar surface area (TPSA) is 47.6 Å². The normalized spacial score (nSPS) is 15.6. The zero-order valence-electron chi connectivity index (χ0n) is 10.6. The largest absolute Gasteiger partial charge is 0.490 e. The van der Waals surface area contributed by atoms with Crippen LogP contribution in [0.4, 0.5) is 5.69 Å². The molecule has 1 aliphatic rings. The summed E-state index contributed by atoms with van der Waals surface area (Å²) in [5.41, 5.74) is 0.760. The van der Waals surface area contributed by atoms with Crippen molar-refractivity contribution < 1.29 is 14.3 Å². The summed E-state index contributed by atoms with van der Waals surface area (Å²) >= 11 is 0. The Balaban J connectivity index is 1.86. The molecule has 18 heavy (non-hydrogen) atoms. The van der Waals surface area contributed by atoms with E-state index in [0.29, 0.717) is 6.10 Å². The zero-order chi connectivity index (χ0) is 12.8. The molecule has 4 nitrogen and oxygen atoms in total. The lowest BCUT2D eigenvalue weighted by atomic mass is 10.2. The third kappa shape index (κ3) is 3.74. The molecule has 0 atom stereocenters. The van der Waals surface area contributed by atoms with Gasteiger partial charge in [-0.05, 0) is 49.9 Å². The third-order valence-electron chi connectivity index (χ3n) is 3.02. The van der Waals surface area contributed by atoms with Gasteiger partial charge in [0.2, 0.25) is 5.91 Å².